The smallest absolute Gasteiger partial charge is 0.119 e. The third kappa shape index (κ3) is 2.33. The zero-order chi connectivity index (χ0) is 12.3. The fourth-order valence-corrected chi connectivity index (χ4v) is 2.14. The fraction of sp³-hybridized carbons (Fsp3) is 0.250. The van der Waals surface area contributed by atoms with Gasteiger partial charge in [-0.3, -0.25) is 0 Å². The number of phenolic OH excluding ortho intramolecular Hbond substituents is 1. The molecule has 0 heterocycles. The Morgan fingerprint density at radius 2 is 1.59 bits per heavy atom. The van der Waals surface area contributed by atoms with E-state index in [9.17, 15) is 5.11 Å². The van der Waals surface area contributed by atoms with Gasteiger partial charge in [-0.05, 0) is 41.2 Å². The van der Waals surface area contributed by atoms with E-state index in [1.54, 1.807) is 0 Å². The van der Waals surface area contributed by atoms with Crippen LogP contribution in [0.15, 0.2) is 42.5 Å². The van der Waals surface area contributed by atoms with Gasteiger partial charge in [0.2, 0.25) is 0 Å². The van der Waals surface area contributed by atoms with E-state index in [0.29, 0.717) is 5.75 Å². The van der Waals surface area contributed by atoms with Crippen molar-refractivity contribution in [2.24, 2.45) is 0 Å². The molecular weight excluding hydrogens is 208 g/mol. The number of phenols is 1. The van der Waals surface area contributed by atoms with Crippen LogP contribution in [0.1, 0.15) is 25.0 Å². The molecule has 0 saturated carbocycles. The summed E-state index contributed by atoms with van der Waals surface area (Å²) in [5, 5.41) is 9.92. The molecule has 1 nitrogen and oxygen atoms in total. The summed E-state index contributed by atoms with van der Waals surface area (Å²) in [6.45, 7) is 4.20. The van der Waals surface area contributed by atoms with E-state index in [4.69, 9.17) is 0 Å². The van der Waals surface area contributed by atoms with E-state index in [1.165, 1.54) is 11.1 Å². The second-order valence-electron chi connectivity index (χ2n) is 4.21. The molecule has 0 spiro atoms. The molecule has 17 heavy (non-hydrogen) atoms. The molecule has 2 aromatic rings. The number of benzene rings is 2. The lowest BCUT2D eigenvalue weighted by molar-refractivity contribution is 0.469. The number of aromatic hydroxyl groups is 1. The minimum Gasteiger partial charge on any atom is -0.508 e. The highest BCUT2D eigenvalue weighted by Gasteiger charge is 2.05. The third-order valence-corrected chi connectivity index (χ3v) is 3.18. The lowest BCUT2D eigenvalue weighted by Crippen LogP contribution is -1.88. The molecule has 0 aliphatic rings. The van der Waals surface area contributed by atoms with Crippen molar-refractivity contribution in [2.45, 2.75) is 26.7 Å². The Kier molecular flexibility index (Phi) is 3.48. The topological polar surface area (TPSA) is 20.2 Å². The van der Waals surface area contributed by atoms with E-state index in [-0.39, 0.29) is 0 Å². The van der Waals surface area contributed by atoms with Gasteiger partial charge in [-0.1, -0.05) is 50.2 Å². The van der Waals surface area contributed by atoms with Crippen molar-refractivity contribution in [3.05, 3.63) is 53.6 Å². The Morgan fingerprint density at radius 3 is 2.24 bits per heavy atom. The van der Waals surface area contributed by atoms with Gasteiger partial charge >= 0.3 is 0 Å². The van der Waals surface area contributed by atoms with Gasteiger partial charge in [0.25, 0.3) is 0 Å². The lowest BCUT2D eigenvalue weighted by atomic mass is 9.96. The molecule has 1 heteroatoms. The molecule has 0 aliphatic heterocycles. The molecule has 0 atom stereocenters. The quantitative estimate of drug-likeness (QED) is 0.832. The SMILES string of the molecule is CCc1ccc(-c2ccccc2CC)cc1O. The van der Waals surface area contributed by atoms with Gasteiger partial charge < -0.3 is 5.11 Å². The third-order valence-electron chi connectivity index (χ3n) is 3.18. The van der Waals surface area contributed by atoms with Crippen molar-refractivity contribution in [3.8, 4) is 16.9 Å². The van der Waals surface area contributed by atoms with Gasteiger partial charge in [0.15, 0.2) is 0 Å². The molecule has 2 aromatic carbocycles. The summed E-state index contributed by atoms with van der Waals surface area (Å²) in [5.41, 5.74) is 4.63. The van der Waals surface area contributed by atoms with E-state index in [2.05, 4.69) is 38.1 Å². The minimum absolute atomic E-state index is 0.399. The highest BCUT2D eigenvalue weighted by molar-refractivity contribution is 5.69. The molecule has 2 rings (SSSR count). The maximum atomic E-state index is 9.92. The van der Waals surface area contributed by atoms with Crippen LogP contribution in [-0.4, -0.2) is 5.11 Å². The van der Waals surface area contributed by atoms with E-state index >= 15 is 0 Å². The largest absolute Gasteiger partial charge is 0.508 e. The van der Waals surface area contributed by atoms with Gasteiger partial charge in [0.1, 0.15) is 5.75 Å². The summed E-state index contributed by atoms with van der Waals surface area (Å²) in [4.78, 5) is 0. The first kappa shape index (κ1) is 11.7. The summed E-state index contributed by atoms with van der Waals surface area (Å²) >= 11 is 0. The molecule has 0 aromatic heterocycles. The Morgan fingerprint density at radius 1 is 0.882 bits per heavy atom. The van der Waals surface area contributed by atoms with Crippen LogP contribution in [0.3, 0.4) is 0 Å². The van der Waals surface area contributed by atoms with Crippen molar-refractivity contribution >= 4 is 0 Å². The van der Waals surface area contributed by atoms with E-state index in [0.717, 1.165) is 24.0 Å². The Balaban J connectivity index is 2.49. The summed E-state index contributed by atoms with van der Waals surface area (Å²) in [7, 11) is 0. The molecule has 0 saturated heterocycles. The lowest BCUT2D eigenvalue weighted by Gasteiger charge is -2.09. The average Bonchev–Trinajstić information content (AvgIpc) is 2.38. The van der Waals surface area contributed by atoms with Crippen molar-refractivity contribution in [3.63, 3.8) is 0 Å². The van der Waals surface area contributed by atoms with Crippen LogP contribution in [0.4, 0.5) is 0 Å². The first-order chi connectivity index (χ1) is 8.26. The predicted molar refractivity (Wildman–Crippen MR) is 72.3 cm³/mol. The predicted octanol–water partition coefficient (Wildman–Crippen LogP) is 4.18. The van der Waals surface area contributed by atoms with Crippen molar-refractivity contribution in [2.75, 3.05) is 0 Å². The van der Waals surface area contributed by atoms with E-state index < -0.39 is 0 Å². The first-order valence-electron chi connectivity index (χ1n) is 6.16. The molecule has 88 valence electrons. The fourth-order valence-electron chi connectivity index (χ4n) is 2.14. The van der Waals surface area contributed by atoms with E-state index in [1.807, 2.05) is 18.2 Å². The summed E-state index contributed by atoms with van der Waals surface area (Å²) < 4.78 is 0. The van der Waals surface area contributed by atoms with Crippen molar-refractivity contribution in [1.82, 2.24) is 0 Å². The van der Waals surface area contributed by atoms with Crippen LogP contribution in [-0.2, 0) is 12.8 Å². The van der Waals surface area contributed by atoms with Crippen LogP contribution < -0.4 is 0 Å². The number of hydrogen-bond acceptors (Lipinski definition) is 1. The van der Waals surface area contributed by atoms with Crippen molar-refractivity contribution < 1.29 is 5.11 Å². The van der Waals surface area contributed by atoms with Crippen LogP contribution in [0.25, 0.3) is 11.1 Å². The summed E-state index contributed by atoms with van der Waals surface area (Å²) in [6, 6.07) is 14.3. The molecular formula is C16H18O. The number of hydrogen-bond donors (Lipinski definition) is 1. The molecule has 0 bridgehead atoms. The average molecular weight is 226 g/mol. The normalized spacial score (nSPS) is 10.5. The standard InChI is InChI=1S/C16H18O/c1-3-12-7-5-6-8-15(12)14-10-9-13(4-2)16(17)11-14/h5-11,17H,3-4H2,1-2H3. The minimum atomic E-state index is 0.399. The van der Waals surface area contributed by atoms with Gasteiger partial charge in [-0.2, -0.15) is 0 Å². The number of aryl methyl sites for hydroxylation is 2. The van der Waals surface area contributed by atoms with Gasteiger partial charge in [-0.15, -0.1) is 0 Å². The van der Waals surface area contributed by atoms with Crippen LogP contribution >= 0.6 is 0 Å². The molecule has 0 radical (unpaired) electrons. The molecule has 1 N–H and O–H groups in total. The number of rotatable bonds is 3. The second-order valence-corrected chi connectivity index (χ2v) is 4.21. The van der Waals surface area contributed by atoms with Crippen LogP contribution in [0, 0.1) is 0 Å². The summed E-state index contributed by atoms with van der Waals surface area (Å²) in [6.07, 6.45) is 1.87. The molecule has 0 fully saturated rings. The Bertz CT molecular complexity index is 515. The van der Waals surface area contributed by atoms with Gasteiger partial charge in [0, 0.05) is 0 Å². The maximum absolute atomic E-state index is 9.92. The second kappa shape index (κ2) is 5.05. The van der Waals surface area contributed by atoms with Crippen LogP contribution in [0.2, 0.25) is 0 Å². The highest BCUT2D eigenvalue weighted by atomic mass is 16.3. The monoisotopic (exact) mass is 226 g/mol. The Hall–Kier alpha value is -1.76. The Labute approximate surface area is 103 Å². The van der Waals surface area contributed by atoms with Gasteiger partial charge in [0.05, 0.1) is 0 Å². The van der Waals surface area contributed by atoms with Crippen molar-refractivity contribution in [1.29, 1.82) is 0 Å². The first-order valence-corrected chi connectivity index (χ1v) is 6.16. The molecule has 0 amide bonds. The molecule has 0 aliphatic carbocycles. The van der Waals surface area contributed by atoms with Crippen LogP contribution in [0.5, 0.6) is 5.75 Å². The maximum Gasteiger partial charge on any atom is 0.119 e. The highest BCUT2D eigenvalue weighted by Crippen LogP contribution is 2.29. The van der Waals surface area contributed by atoms with Gasteiger partial charge in [-0.25, -0.2) is 0 Å². The molecule has 0 unspecified atom stereocenters. The zero-order valence-corrected chi connectivity index (χ0v) is 10.4. The zero-order valence-electron chi connectivity index (χ0n) is 10.4. The summed E-state index contributed by atoms with van der Waals surface area (Å²) in [5.74, 6) is 0.399.